The van der Waals surface area contributed by atoms with Gasteiger partial charge < -0.3 is 15.0 Å². The molecule has 106 valence electrons. The van der Waals surface area contributed by atoms with Crippen molar-refractivity contribution in [3.63, 3.8) is 0 Å². The van der Waals surface area contributed by atoms with Crippen molar-refractivity contribution in [2.75, 3.05) is 14.2 Å². The quantitative estimate of drug-likeness (QED) is 0.837. The molecule has 1 heterocycles. The molecule has 2 N–H and O–H groups in total. The molecule has 0 spiro atoms. The lowest BCUT2D eigenvalue weighted by Gasteiger charge is -2.03. The minimum absolute atomic E-state index is 0.00266. The number of rotatable bonds is 4. The Morgan fingerprint density at radius 1 is 1.35 bits per heavy atom. The van der Waals surface area contributed by atoms with Gasteiger partial charge in [0.25, 0.3) is 0 Å². The number of carbonyl (C=O) groups is 2. The molecule has 0 aliphatic carbocycles. The Morgan fingerprint density at radius 2 is 2.10 bits per heavy atom. The topological polar surface area (TPSA) is 71.2 Å². The maximum absolute atomic E-state index is 11.6. The molecule has 2 aromatic rings. The summed E-state index contributed by atoms with van der Waals surface area (Å²) >= 11 is 0. The number of H-pyrrole nitrogens is 1. The van der Waals surface area contributed by atoms with Crippen LogP contribution < -0.4 is 5.32 Å². The molecule has 0 atom stereocenters. The highest BCUT2D eigenvalue weighted by atomic mass is 16.5. The Morgan fingerprint density at radius 3 is 2.75 bits per heavy atom. The van der Waals surface area contributed by atoms with E-state index in [1.165, 1.54) is 7.11 Å². The summed E-state index contributed by atoms with van der Waals surface area (Å²) in [6.45, 7) is 1.97. The highest BCUT2D eigenvalue weighted by molar-refractivity contribution is 5.96. The number of aromatic amines is 1. The van der Waals surface area contributed by atoms with Crippen molar-refractivity contribution in [2.24, 2.45) is 0 Å². The zero-order valence-electron chi connectivity index (χ0n) is 11.9. The number of amides is 1. The van der Waals surface area contributed by atoms with Gasteiger partial charge in [0.2, 0.25) is 5.91 Å². The molecular weight excluding hydrogens is 256 g/mol. The van der Waals surface area contributed by atoms with E-state index in [0.717, 1.165) is 22.2 Å². The molecule has 5 nitrogen and oxygen atoms in total. The van der Waals surface area contributed by atoms with Gasteiger partial charge in [-0.1, -0.05) is 0 Å². The number of hydrogen-bond donors (Lipinski definition) is 2. The number of hydrogen-bond acceptors (Lipinski definition) is 3. The number of aromatic nitrogens is 1. The van der Waals surface area contributed by atoms with Gasteiger partial charge in [-0.25, -0.2) is 4.79 Å². The van der Waals surface area contributed by atoms with Crippen LogP contribution >= 0.6 is 0 Å². The van der Waals surface area contributed by atoms with E-state index in [9.17, 15) is 9.59 Å². The molecule has 5 heteroatoms. The van der Waals surface area contributed by atoms with Crippen LogP contribution in [0.2, 0.25) is 0 Å². The first kappa shape index (κ1) is 14.1. The summed E-state index contributed by atoms with van der Waals surface area (Å²) in [6.07, 6.45) is 1.06. The van der Waals surface area contributed by atoms with Gasteiger partial charge in [0.15, 0.2) is 0 Å². The molecule has 1 amide bonds. The molecule has 0 fully saturated rings. The summed E-state index contributed by atoms with van der Waals surface area (Å²) < 4.78 is 4.73. The van der Waals surface area contributed by atoms with Crippen LogP contribution in [0.5, 0.6) is 0 Å². The van der Waals surface area contributed by atoms with Crippen LogP contribution in [0.4, 0.5) is 0 Å². The number of aryl methyl sites for hydroxylation is 2. The van der Waals surface area contributed by atoms with E-state index in [4.69, 9.17) is 4.74 Å². The fourth-order valence-corrected chi connectivity index (χ4v) is 2.31. The SMILES string of the molecule is CNC(=O)CCc1c(C)[nH]c2ccc(C(=O)OC)cc12. The number of esters is 1. The van der Waals surface area contributed by atoms with E-state index in [0.29, 0.717) is 18.4 Å². The lowest BCUT2D eigenvalue weighted by Crippen LogP contribution is -2.18. The average molecular weight is 274 g/mol. The van der Waals surface area contributed by atoms with Crippen LogP contribution in [-0.4, -0.2) is 31.0 Å². The molecule has 1 aromatic carbocycles. The van der Waals surface area contributed by atoms with E-state index in [1.807, 2.05) is 19.1 Å². The Hall–Kier alpha value is -2.30. The molecule has 0 saturated carbocycles. The van der Waals surface area contributed by atoms with Crippen molar-refractivity contribution in [1.29, 1.82) is 0 Å². The van der Waals surface area contributed by atoms with Crippen molar-refractivity contribution >= 4 is 22.8 Å². The van der Waals surface area contributed by atoms with Crippen LogP contribution in [0.25, 0.3) is 10.9 Å². The predicted molar refractivity (Wildman–Crippen MR) is 76.8 cm³/mol. The zero-order chi connectivity index (χ0) is 14.7. The first-order valence-electron chi connectivity index (χ1n) is 6.47. The summed E-state index contributed by atoms with van der Waals surface area (Å²) in [7, 11) is 2.99. The molecule has 2 rings (SSSR count). The minimum Gasteiger partial charge on any atom is -0.465 e. The van der Waals surface area contributed by atoms with E-state index in [2.05, 4.69) is 10.3 Å². The molecule has 20 heavy (non-hydrogen) atoms. The summed E-state index contributed by atoms with van der Waals surface area (Å²) in [4.78, 5) is 26.2. The van der Waals surface area contributed by atoms with Crippen molar-refractivity contribution in [3.05, 3.63) is 35.0 Å². The van der Waals surface area contributed by atoms with E-state index in [-0.39, 0.29) is 11.9 Å². The molecule has 0 saturated heterocycles. The molecule has 0 bridgehead atoms. The van der Waals surface area contributed by atoms with Gasteiger partial charge in [0, 0.05) is 30.1 Å². The van der Waals surface area contributed by atoms with Crippen LogP contribution in [0.15, 0.2) is 18.2 Å². The molecule has 0 unspecified atom stereocenters. The van der Waals surface area contributed by atoms with E-state index in [1.54, 1.807) is 13.1 Å². The van der Waals surface area contributed by atoms with Crippen molar-refractivity contribution in [2.45, 2.75) is 19.8 Å². The summed E-state index contributed by atoms with van der Waals surface area (Å²) in [5.74, 6) is -0.356. The van der Waals surface area contributed by atoms with E-state index >= 15 is 0 Å². The smallest absolute Gasteiger partial charge is 0.337 e. The van der Waals surface area contributed by atoms with E-state index < -0.39 is 0 Å². The van der Waals surface area contributed by atoms with Crippen LogP contribution in [-0.2, 0) is 16.0 Å². The largest absolute Gasteiger partial charge is 0.465 e. The summed E-state index contributed by atoms with van der Waals surface area (Å²) in [6, 6.07) is 5.40. The Labute approximate surface area is 117 Å². The Bertz CT molecular complexity index is 658. The summed E-state index contributed by atoms with van der Waals surface area (Å²) in [5, 5.41) is 3.58. The van der Waals surface area contributed by atoms with Gasteiger partial charge in [-0.2, -0.15) is 0 Å². The van der Waals surface area contributed by atoms with Crippen LogP contribution in [0.3, 0.4) is 0 Å². The number of methoxy groups -OCH3 is 1. The predicted octanol–water partition coefficient (Wildman–Crippen LogP) is 1.94. The van der Waals surface area contributed by atoms with Gasteiger partial charge in [-0.05, 0) is 37.1 Å². The van der Waals surface area contributed by atoms with Crippen molar-refractivity contribution in [3.8, 4) is 0 Å². The van der Waals surface area contributed by atoms with Gasteiger partial charge in [-0.3, -0.25) is 4.79 Å². The standard InChI is InChI=1S/C15H18N2O3/c1-9-11(5-7-14(18)16-2)12-8-10(15(19)20-3)4-6-13(12)17-9/h4,6,8,17H,5,7H2,1-3H3,(H,16,18). The number of benzene rings is 1. The fourth-order valence-electron chi connectivity index (χ4n) is 2.31. The van der Waals surface area contributed by atoms with Crippen molar-refractivity contribution in [1.82, 2.24) is 10.3 Å². The number of carbonyl (C=O) groups excluding carboxylic acids is 2. The molecule has 0 aliphatic heterocycles. The maximum atomic E-state index is 11.6. The lowest BCUT2D eigenvalue weighted by molar-refractivity contribution is -0.120. The van der Waals surface area contributed by atoms with Gasteiger partial charge in [0.1, 0.15) is 0 Å². The second-order valence-electron chi connectivity index (χ2n) is 4.65. The first-order valence-corrected chi connectivity index (χ1v) is 6.47. The number of fused-ring (bicyclic) bond motifs is 1. The second kappa shape index (κ2) is 5.77. The first-order chi connectivity index (χ1) is 9.56. The molecular formula is C15H18N2O3. The highest BCUT2D eigenvalue weighted by Gasteiger charge is 2.13. The summed E-state index contributed by atoms with van der Waals surface area (Å²) in [5.41, 5.74) is 3.56. The fraction of sp³-hybridized carbons (Fsp3) is 0.333. The monoisotopic (exact) mass is 274 g/mol. The third-order valence-electron chi connectivity index (χ3n) is 3.42. The third kappa shape index (κ3) is 2.66. The van der Waals surface area contributed by atoms with Gasteiger partial charge in [-0.15, -0.1) is 0 Å². The van der Waals surface area contributed by atoms with Crippen molar-refractivity contribution < 1.29 is 14.3 Å². The number of nitrogens with one attached hydrogen (secondary N) is 2. The minimum atomic E-state index is -0.358. The Kier molecular flexibility index (Phi) is 4.08. The zero-order valence-corrected chi connectivity index (χ0v) is 11.9. The third-order valence-corrected chi connectivity index (χ3v) is 3.42. The average Bonchev–Trinajstić information content (AvgIpc) is 2.78. The second-order valence-corrected chi connectivity index (χ2v) is 4.65. The lowest BCUT2D eigenvalue weighted by atomic mass is 10.0. The van der Waals surface area contributed by atoms with Gasteiger partial charge in [0.05, 0.1) is 12.7 Å². The number of ether oxygens (including phenoxy) is 1. The normalized spacial score (nSPS) is 10.6. The molecule has 0 aliphatic rings. The van der Waals surface area contributed by atoms with Crippen LogP contribution in [0, 0.1) is 6.92 Å². The Balaban J connectivity index is 2.39. The maximum Gasteiger partial charge on any atom is 0.337 e. The van der Waals surface area contributed by atoms with Crippen LogP contribution in [0.1, 0.15) is 28.0 Å². The highest BCUT2D eigenvalue weighted by Crippen LogP contribution is 2.25. The molecule has 1 aromatic heterocycles. The van der Waals surface area contributed by atoms with Gasteiger partial charge >= 0.3 is 5.97 Å². The molecule has 0 radical (unpaired) electrons.